The average molecular weight is 544 g/mol. The normalized spacial score (nSPS) is 20.7. The van der Waals surface area contributed by atoms with Gasteiger partial charge in [-0.05, 0) is 56.0 Å². The van der Waals surface area contributed by atoms with Crippen molar-refractivity contribution in [3.8, 4) is 6.07 Å². The van der Waals surface area contributed by atoms with Crippen molar-refractivity contribution < 1.29 is 4.39 Å². The van der Waals surface area contributed by atoms with Crippen LogP contribution in [0.25, 0.3) is 11.0 Å². The number of thiazole rings is 1. The van der Waals surface area contributed by atoms with Gasteiger partial charge in [0.15, 0.2) is 5.82 Å². The van der Waals surface area contributed by atoms with Gasteiger partial charge in [-0.2, -0.15) is 10.2 Å². The first-order chi connectivity index (χ1) is 18.9. The smallest absolute Gasteiger partial charge is 0.349 e. The van der Waals surface area contributed by atoms with Crippen LogP contribution in [0.4, 0.5) is 10.2 Å². The summed E-state index contributed by atoms with van der Waals surface area (Å²) in [6.45, 7) is 5.63. The molecule has 1 aromatic carbocycles. The molecule has 6 rings (SSSR count). The van der Waals surface area contributed by atoms with Crippen molar-refractivity contribution in [2.24, 2.45) is 7.05 Å². The van der Waals surface area contributed by atoms with E-state index < -0.39 is 0 Å². The number of nitriles is 1. The van der Waals surface area contributed by atoms with E-state index >= 15 is 0 Å². The summed E-state index contributed by atoms with van der Waals surface area (Å²) in [6.07, 6.45) is 5.26. The third-order valence-corrected chi connectivity index (χ3v) is 9.14. The molecule has 39 heavy (non-hydrogen) atoms. The number of rotatable bonds is 6. The Morgan fingerprint density at radius 3 is 2.62 bits per heavy atom. The number of aromatic nitrogens is 4. The fraction of sp³-hybridized carbons (Fsp3) is 0.414. The van der Waals surface area contributed by atoms with E-state index in [-0.39, 0.29) is 35.3 Å². The van der Waals surface area contributed by atoms with Gasteiger partial charge in [0.2, 0.25) is 0 Å². The maximum Gasteiger partial charge on any atom is 0.349 e. The number of benzene rings is 1. The minimum Gasteiger partial charge on any atom is -0.349 e. The van der Waals surface area contributed by atoms with Gasteiger partial charge in [0.1, 0.15) is 23.1 Å². The van der Waals surface area contributed by atoms with Crippen LogP contribution in [0.15, 0.2) is 47.4 Å². The standard InChI is InChI=1S/C29H30FN7OS/c1-4-22-16-36(27-25-23(35(3)29(38)34-27)12-11-21(13-31)33-25)17(2)15-37(22)26(18-7-9-20(30)10-8-18)24-14-32-28(39-24)19-5-6-19/h7-12,14,17,19,22,26H,4-6,15-16H2,1-3H3/t17-,22+,26?/m0/s1. The van der Waals surface area contributed by atoms with Gasteiger partial charge in [-0.1, -0.05) is 19.1 Å². The molecule has 8 nitrogen and oxygen atoms in total. The Morgan fingerprint density at radius 1 is 1.15 bits per heavy atom. The highest BCUT2D eigenvalue weighted by Crippen LogP contribution is 2.45. The minimum atomic E-state index is -0.354. The lowest BCUT2D eigenvalue weighted by Crippen LogP contribution is -2.58. The molecule has 1 aliphatic heterocycles. The number of piperazine rings is 1. The Balaban J connectivity index is 1.40. The van der Waals surface area contributed by atoms with Crippen LogP contribution in [-0.2, 0) is 7.05 Å². The summed E-state index contributed by atoms with van der Waals surface area (Å²) >= 11 is 1.77. The minimum absolute atomic E-state index is 0.00178. The summed E-state index contributed by atoms with van der Waals surface area (Å²) in [5, 5.41) is 10.7. The van der Waals surface area contributed by atoms with Gasteiger partial charge in [-0.25, -0.2) is 19.2 Å². The molecule has 3 atom stereocenters. The molecule has 0 amide bonds. The molecule has 4 heterocycles. The zero-order chi connectivity index (χ0) is 27.3. The molecule has 0 radical (unpaired) electrons. The molecule has 1 aliphatic carbocycles. The van der Waals surface area contributed by atoms with E-state index in [2.05, 4.69) is 39.7 Å². The fourth-order valence-corrected chi connectivity index (χ4v) is 6.86. The summed E-state index contributed by atoms with van der Waals surface area (Å²) in [4.78, 5) is 32.4. The summed E-state index contributed by atoms with van der Waals surface area (Å²) < 4.78 is 15.4. The number of hydrogen-bond donors (Lipinski definition) is 0. The van der Waals surface area contributed by atoms with E-state index in [4.69, 9.17) is 4.98 Å². The second-order valence-corrected chi connectivity index (χ2v) is 11.6. The van der Waals surface area contributed by atoms with E-state index in [0.29, 0.717) is 35.9 Å². The van der Waals surface area contributed by atoms with Crippen molar-refractivity contribution >= 4 is 28.2 Å². The first kappa shape index (κ1) is 25.6. The first-order valence-electron chi connectivity index (χ1n) is 13.4. The van der Waals surface area contributed by atoms with Crippen molar-refractivity contribution in [1.82, 2.24) is 24.4 Å². The van der Waals surface area contributed by atoms with Crippen molar-refractivity contribution in [2.75, 3.05) is 18.0 Å². The van der Waals surface area contributed by atoms with Gasteiger partial charge in [-0.15, -0.1) is 11.3 Å². The second-order valence-electron chi connectivity index (χ2n) is 10.5. The number of nitrogens with zero attached hydrogens (tertiary/aromatic N) is 7. The van der Waals surface area contributed by atoms with E-state index in [9.17, 15) is 14.4 Å². The molecule has 4 aromatic rings. The highest BCUT2D eigenvalue weighted by atomic mass is 32.1. The molecule has 1 unspecified atom stereocenters. The molecule has 0 spiro atoms. The van der Waals surface area contributed by atoms with Crippen LogP contribution in [0.2, 0.25) is 0 Å². The molecule has 10 heteroatoms. The number of halogens is 1. The van der Waals surface area contributed by atoms with Crippen LogP contribution < -0.4 is 10.6 Å². The quantitative estimate of drug-likeness (QED) is 0.347. The summed E-state index contributed by atoms with van der Waals surface area (Å²) in [6, 6.07) is 12.4. The lowest BCUT2D eigenvalue weighted by atomic mass is 9.96. The van der Waals surface area contributed by atoms with Gasteiger partial charge in [0, 0.05) is 49.2 Å². The van der Waals surface area contributed by atoms with E-state index in [1.165, 1.54) is 39.4 Å². The summed E-state index contributed by atoms with van der Waals surface area (Å²) in [7, 11) is 1.67. The van der Waals surface area contributed by atoms with Crippen molar-refractivity contribution in [2.45, 2.75) is 57.2 Å². The Labute approximate surface area is 230 Å². The topological polar surface area (TPSA) is 90.9 Å². The Kier molecular flexibility index (Phi) is 6.65. The third-order valence-electron chi connectivity index (χ3n) is 7.93. The molecule has 1 saturated heterocycles. The highest BCUT2D eigenvalue weighted by Gasteiger charge is 2.39. The molecular formula is C29H30FN7OS. The predicted molar refractivity (Wildman–Crippen MR) is 149 cm³/mol. The van der Waals surface area contributed by atoms with Crippen molar-refractivity contribution in [1.29, 1.82) is 5.26 Å². The van der Waals surface area contributed by atoms with Crippen LogP contribution in [0.3, 0.4) is 0 Å². The maximum absolute atomic E-state index is 13.9. The van der Waals surface area contributed by atoms with E-state index in [1.54, 1.807) is 30.5 Å². The molecule has 0 N–H and O–H groups in total. The maximum atomic E-state index is 13.9. The van der Waals surface area contributed by atoms with Gasteiger partial charge in [0.25, 0.3) is 0 Å². The van der Waals surface area contributed by atoms with Crippen LogP contribution in [0.1, 0.15) is 66.2 Å². The number of anilines is 1. The molecule has 1 saturated carbocycles. The zero-order valence-electron chi connectivity index (χ0n) is 22.2. The first-order valence-corrected chi connectivity index (χ1v) is 14.2. The summed E-state index contributed by atoms with van der Waals surface area (Å²) in [5.74, 6) is 0.836. The van der Waals surface area contributed by atoms with Crippen molar-refractivity contribution in [3.05, 3.63) is 80.0 Å². The number of hydrogen-bond acceptors (Lipinski definition) is 8. The second kappa shape index (κ2) is 10.1. The Morgan fingerprint density at radius 2 is 1.92 bits per heavy atom. The Hall–Kier alpha value is -3.68. The predicted octanol–water partition coefficient (Wildman–Crippen LogP) is 4.75. The van der Waals surface area contributed by atoms with Gasteiger partial charge in [-0.3, -0.25) is 9.47 Å². The van der Waals surface area contributed by atoms with Crippen LogP contribution in [0.5, 0.6) is 0 Å². The van der Waals surface area contributed by atoms with Crippen molar-refractivity contribution in [3.63, 3.8) is 0 Å². The monoisotopic (exact) mass is 543 g/mol. The molecule has 200 valence electrons. The molecular weight excluding hydrogens is 513 g/mol. The number of pyridine rings is 1. The zero-order valence-corrected chi connectivity index (χ0v) is 23.0. The van der Waals surface area contributed by atoms with Crippen LogP contribution in [0, 0.1) is 17.1 Å². The number of fused-ring (bicyclic) bond motifs is 1. The third kappa shape index (κ3) is 4.70. The SMILES string of the molecule is CC[C@@H]1CN(c2nc(=O)n(C)c3ccc(C#N)nc23)[C@@H](C)CN1C(c1ccc(F)cc1)c1cnc(C2CC2)s1. The van der Waals surface area contributed by atoms with Gasteiger partial charge >= 0.3 is 5.69 Å². The van der Waals surface area contributed by atoms with Gasteiger partial charge in [0.05, 0.1) is 16.6 Å². The lowest BCUT2D eigenvalue weighted by molar-refractivity contribution is 0.117. The lowest BCUT2D eigenvalue weighted by Gasteiger charge is -2.48. The van der Waals surface area contributed by atoms with Crippen LogP contribution >= 0.6 is 11.3 Å². The van der Waals surface area contributed by atoms with E-state index in [0.717, 1.165) is 12.0 Å². The number of aryl methyl sites for hydroxylation is 1. The molecule has 0 bridgehead atoms. The fourth-order valence-electron chi connectivity index (χ4n) is 5.62. The molecule has 3 aromatic heterocycles. The molecule has 2 fully saturated rings. The van der Waals surface area contributed by atoms with Crippen LogP contribution in [-0.4, -0.2) is 49.6 Å². The van der Waals surface area contributed by atoms with E-state index in [1.807, 2.05) is 18.3 Å². The average Bonchev–Trinajstić information content (AvgIpc) is 3.69. The highest BCUT2D eigenvalue weighted by molar-refractivity contribution is 7.11. The van der Waals surface area contributed by atoms with Gasteiger partial charge < -0.3 is 4.90 Å². The largest absolute Gasteiger partial charge is 0.349 e. The molecule has 2 aliphatic rings. The Bertz CT molecular complexity index is 1620. The summed E-state index contributed by atoms with van der Waals surface area (Å²) in [5.41, 5.74) is 2.17.